The number of nitrogens with zero attached hydrogens (tertiary/aromatic N) is 1. The number of aromatic nitrogens is 1. The molecule has 0 saturated heterocycles. The number of benzene rings is 5. The van der Waals surface area contributed by atoms with Crippen molar-refractivity contribution in [2.24, 2.45) is 0 Å². The SMILES string of the molecule is Cc1ccccc1-c1cc(-c2ccc(-n3c4c(c5ccccc53)C=C(c3cccc5c3CC3=C5C=CC=C=C3)CC=C4)cc2)ccc1C. The Labute approximate surface area is 282 Å². The van der Waals surface area contributed by atoms with E-state index in [1.54, 1.807) is 0 Å². The minimum Gasteiger partial charge on any atom is -0.309 e. The maximum absolute atomic E-state index is 3.32. The molecule has 6 aromatic rings. The van der Waals surface area contributed by atoms with Gasteiger partial charge in [0.15, 0.2) is 0 Å². The largest absolute Gasteiger partial charge is 0.309 e. The van der Waals surface area contributed by atoms with Crippen molar-refractivity contribution in [3.8, 4) is 27.9 Å². The summed E-state index contributed by atoms with van der Waals surface area (Å²) in [5, 5.41) is 1.28. The van der Waals surface area contributed by atoms with Crippen molar-refractivity contribution in [2.75, 3.05) is 0 Å². The molecule has 0 saturated carbocycles. The molecule has 48 heavy (non-hydrogen) atoms. The highest BCUT2D eigenvalue weighted by atomic mass is 15.0. The quantitative estimate of drug-likeness (QED) is 0.174. The molecule has 1 heterocycles. The minimum atomic E-state index is 0.894. The molecule has 0 fully saturated rings. The van der Waals surface area contributed by atoms with Crippen LogP contribution in [0.15, 0.2) is 151 Å². The highest BCUT2D eigenvalue weighted by molar-refractivity contribution is 6.02. The van der Waals surface area contributed by atoms with Crippen LogP contribution in [0.1, 0.15) is 45.5 Å². The van der Waals surface area contributed by atoms with Gasteiger partial charge in [-0.25, -0.2) is 0 Å². The molecule has 9 rings (SSSR count). The van der Waals surface area contributed by atoms with Gasteiger partial charge in [0.25, 0.3) is 0 Å². The van der Waals surface area contributed by atoms with Crippen molar-refractivity contribution in [1.82, 2.24) is 4.57 Å². The Kier molecular flexibility index (Phi) is 6.75. The first-order valence-electron chi connectivity index (χ1n) is 16.9. The van der Waals surface area contributed by atoms with Gasteiger partial charge in [0.1, 0.15) is 0 Å². The van der Waals surface area contributed by atoms with Gasteiger partial charge in [-0.2, -0.15) is 0 Å². The van der Waals surface area contributed by atoms with Crippen molar-refractivity contribution in [3.63, 3.8) is 0 Å². The highest BCUT2D eigenvalue weighted by Gasteiger charge is 2.24. The molecule has 1 aromatic heterocycles. The molecular formula is C47H35N. The molecule has 0 aliphatic heterocycles. The standard InChI is InChI=1S/C47H35N/c1-31-12-6-7-15-38(31)43-28-34(23-22-32(43)2)33-24-26-37(27-25-33)48-46-20-9-8-17-42(46)45-30-36(14-10-21-47(45)48)40-18-11-19-41-39-16-5-3-4-13-35(39)29-44(40)41/h3,5-13,15-28,30H,14,29H2,1-2H3. The number of allylic oxidation sites excluding steroid dienone is 7. The van der Waals surface area contributed by atoms with Crippen LogP contribution < -0.4 is 0 Å². The summed E-state index contributed by atoms with van der Waals surface area (Å²) in [5.41, 5.74) is 24.0. The zero-order valence-corrected chi connectivity index (χ0v) is 27.3. The van der Waals surface area contributed by atoms with Crippen LogP contribution in [0.4, 0.5) is 0 Å². The molecule has 0 bridgehead atoms. The fourth-order valence-electron chi connectivity index (χ4n) is 7.83. The zero-order valence-electron chi connectivity index (χ0n) is 27.3. The van der Waals surface area contributed by atoms with E-state index in [0.29, 0.717) is 0 Å². The first kappa shape index (κ1) is 28.4. The van der Waals surface area contributed by atoms with Gasteiger partial charge < -0.3 is 4.57 Å². The van der Waals surface area contributed by atoms with Crippen LogP contribution in [-0.4, -0.2) is 4.57 Å². The number of hydrogen-bond donors (Lipinski definition) is 0. The van der Waals surface area contributed by atoms with Crippen molar-refractivity contribution in [3.05, 3.63) is 190 Å². The Balaban J connectivity index is 1.12. The fraction of sp³-hybridized carbons (Fsp3) is 0.0851. The first-order chi connectivity index (χ1) is 23.6. The van der Waals surface area contributed by atoms with E-state index in [4.69, 9.17) is 0 Å². The van der Waals surface area contributed by atoms with Crippen LogP contribution in [-0.2, 0) is 6.42 Å². The zero-order chi connectivity index (χ0) is 32.2. The molecule has 0 atom stereocenters. The summed E-state index contributed by atoms with van der Waals surface area (Å²) in [6.45, 7) is 4.39. The van der Waals surface area contributed by atoms with Crippen LogP contribution in [0.25, 0.3) is 62.1 Å². The normalized spacial score (nSPS) is 14.5. The van der Waals surface area contributed by atoms with Crippen molar-refractivity contribution in [2.45, 2.75) is 26.7 Å². The van der Waals surface area contributed by atoms with E-state index >= 15 is 0 Å². The van der Waals surface area contributed by atoms with E-state index in [1.165, 1.54) is 94.6 Å². The first-order valence-corrected chi connectivity index (χ1v) is 16.9. The summed E-state index contributed by atoms with van der Waals surface area (Å²) in [6, 6.07) is 40.2. The van der Waals surface area contributed by atoms with E-state index in [0.717, 1.165) is 12.8 Å². The van der Waals surface area contributed by atoms with Gasteiger partial charge >= 0.3 is 0 Å². The molecule has 1 nitrogen and oxygen atoms in total. The Morgan fingerprint density at radius 2 is 1.44 bits per heavy atom. The molecule has 228 valence electrons. The Hall–Kier alpha value is -5.88. The summed E-state index contributed by atoms with van der Waals surface area (Å²) in [5.74, 6) is 0. The molecule has 0 spiro atoms. The fourth-order valence-corrected chi connectivity index (χ4v) is 7.83. The van der Waals surface area contributed by atoms with E-state index in [1.807, 2.05) is 6.08 Å². The Bertz CT molecular complexity index is 2480. The van der Waals surface area contributed by atoms with E-state index in [-0.39, 0.29) is 0 Å². The molecule has 0 amide bonds. The Morgan fingerprint density at radius 3 is 2.33 bits per heavy atom. The summed E-state index contributed by atoms with van der Waals surface area (Å²) in [4.78, 5) is 0. The summed E-state index contributed by atoms with van der Waals surface area (Å²) < 4.78 is 2.43. The van der Waals surface area contributed by atoms with Crippen molar-refractivity contribution in [1.29, 1.82) is 0 Å². The second-order valence-corrected chi connectivity index (χ2v) is 13.1. The third-order valence-corrected chi connectivity index (χ3v) is 10.3. The lowest BCUT2D eigenvalue weighted by atomic mass is 9.92. The van der Waals surface area contributed by atoms with Crippen LogP contribution in [0.3, 0.4) is 0 Å². The van der Waals surface area contributed by atoms with Crippen LogP contribution in [0.2, 0.25) is 0 Å². The smallest absolute Gasteiger partial charge is 0.0541 e. The second kappa shape index (κ2) is 11.4. The van der Waals surface area contributed by atoms with Gasteiger partial charge in [-0.05, 0) is 142 Å². The third-order valence-electron chi connectivity index (χ3n) is 10.3. The molecule has 3 aliphatic carbocycles. The maximum Gasteiger partial charge on any atom is 0.0541 e. The van der Waals surface area contributed by atoms with Gasteiger partial charge in [-0.1, -0.05) is 103 Å². The lowest BCUT2D eigenvalue weighted by Gasteiger charge is -2.13. The number of aryl methyl sites for hydroxylation is 2. The molecule has 1 heteroatoms. The average Bonchev–Trinajstić information content (AvgIpc) is 3.39. The number of rotatable bonds is 4. The van der Waals surface area contributed by atoms with Crippen LogP contribution in [0, 0.1) is 13.8 Å². The molecule has 5 aromatic carbocycles. The van der Waals surface area contributed by atoms with E-state index in [2.05, 4.69) is 170 Å². The monoisotopic (exact) mass is 613 g/mol. The molecule has 0 N–H and O–H groups in total. The molecule has 0 radical (unpaired) electrons. The number of para-hydroxylation sites is 1. The van der Waals surface area contributed by atoms with Crippen LogP contribution in [0.5, 0.6) is 0 Å². The topological polar surface area (TPSA) is 4.93 Å². The number of hydrogen-bond acceptors (Lipinski definition) is 0. The van der Waals surface area contributed by atoms with Gasteiger partial charge in [0.2, 0.25) is 0 Å². The second-order valence-electron chi connectivity index (χ2n) is 13.1. The average molecular weight is 614 g/mol. The van der Waals surface area contributed by atoms with Gasteiger partial charge in [0.05, 0.1) is 11.2 Å². The molecular weight excluding hydrogens is 579 g/mol. The van der Waals surface area contributed by atoms with E-state index < -0.39 is 0 Å². The van der Waals surface area contributed by atoms with Gasteiger partial charge in [0, 0.05) is 16.6 Å². The summed E-state index contributed by atoms with van der Waals surface area (Å²) in [6.07, 6.45) is 17.5. The van der Waals surface area contributed by atoms with Gasteiger partial charge in [-0.3, -0.25) is 0 Å². The molecule has 0 unspecified atom stereocenters. The molecule has 3 aliphatic rings. The minimum absolute atomic E-state index is 0.894. The highest BCUT2D eigenvalue weighted by Crippen LogP contribution is 2.42. The maximum atomic E-state index is 3.32. The summed E-state index contributed by atoms with van der Waals surface area (Å²) >= 11 is 0. The van der Waals surface area contributed by atoms with Gasteiger partial charge in [-0.15, -0.1) is 5.73 Å². The lowest BCUT2D eigenvalue weighted by Crippen LogP contribution is -1.97. The van der Waals surface area contributed by atoms with Crippen LogP contribution >= 0.6 is 0 Å². The third kappa shape index (κ3) is 4.63. The predicted octanol–water partition coefficient (Wildman–Crippen LogP) is 12.1. The summed E-state index contributed by atoms with van der Waals surface area (Å²) in [7, 11) is 0. The van der Waals surface area contributed by atoms with Crippen molar-refractivity contribution < 1.29 is 0 Å². The van der Waals surface area contributed by atoms with Crippen molar-refractivity contribution >= 4 is 34.2 Å². The number of fused-ring (bicyclic) bond motifs is 5. The predicted molar refractivity (Wildman–Crippen MR) is 204 cm³/mol. The van der Waals surface area contributed by atoms with E-state index in [9.17, 15) is 0 Å². The lowest BCUT2D eigenvalue weighted by molar-refractivity contribution is 1.11. The Morgan fingerprint density at radius 1 is 0.667 bits per heavy atom.